The second-order valence-corrected chi connectivity index (χ2v) is 9.65. The summed E-state index contributed by atoms with van der Waals surface area (Å²) in [7, 11) is 0. The maximum Gasteiger partial charge on any atom is 0.323 e. The van der Waals surface area contributed by atoms with Crippen molar-refractivity contribution >= 4 is 35.8 Å². The number of unbranched alkanes of at least 4 members (excludes halogenated alkanes) is 1. The number of ether oxygens (including phenoxy) is 1. The van der Waals surface area contributed by atoms with Gasteiger partial charge < -0.3 is 41.7 Å². The molecule has 1 rings (SSSR count). The number of carbonyl (C=O) groups excluding carboxylic acids is 1. The van der Waals surface area contributed by atoms with Crippen molar-refractivity contribution in [2.24, 2.45) is 11.5 Å². The summed E-state index contributed by atoms with van der Waals surface area (Å²) in [4.78, 5) is 69.1. The third-order valence-electron chi connectivity index (χ3n) is 5.76. The van der Waals surface area contributed by atoms with Gasteiger partial charge in [0, 0.05) is 26.2 Å². The van der Waals surface area contributed by atoms with Crippen LogP contribution in [0.25, 0.3) is 0 Å². The van der Waals surface area contributed by atoms with Crippen molar-refractivity contribution in [3.05, 3.63) is 35.9 Å². The third-order valence-corrected chi connectivity index (χ3v) is 5.76. The molecule has 44 heavy (non-hydrogen) atoms. The first-order chi connectivity index (χ1) is 20.7. The predicted molar refractivity (Wildman–Crippen MR) is 155 cm³/mol. The number of carbonyl (C=O) groups is 6. The van der Waals surface area contributed by atoms with Crippen LogP contribution < -0.4 is 11.5 Å². The van der Waals surface area contributed by atoms with E-state index in [1.54, 1.807) is 0 Å². The Hall–Kier alpha value is -4.16. The Bertz CT molecular complexity index is 971. The number of nitrogens with two attached hydrogens (primary N) is 2. The van der Waals surface area contributed by atoms with E-state index in [0.717, 1.165) is 28.2 Å². The van der Waals surface area contributed by atoms with Crippen molar-refractivity contribution in [1.29, 1.82) is 0 Å². The van der Waals surface area contributed by atoms with Crippen molar-refractivity contribution in [1.82, 2.24) is 14.7 Å². The minimum absolute atomic E-state index is 0.000836. The third kappa shape index (κ3) is 22.4. The summed E-state index contributed by atoms with van der Waals surface area (Å²) in [5.74, 6) is -6.50. The molecule has 0 aliphatic rings. The Morgan fingerprint density at radius 2 is 1.02 bits per heavy atom. The molecule has 0 aromatic heterocycles. The topological polar surface area (TPSA) is 275 Å². The standard InChI is InChI=1S/C14H23N3O10.C13H20N2O2/c18-10(19)5-15(1-3-16(6-11(20)21)7-12(22)23)2-4-17(8-13(24)25)9-14(26)27;14-9-5-4-8-12(15)13(16)17-10-11-6-2-1-3-7-11/h1-9H2,(H,18,19)(H,20,21)(H,22,23)(H,24,25)(H,26,27);1-3,6-7,12H,4-5,8-10,14-15H2/t;12-/m.0/s1. The Morgan fingerprint density at radius 3 is 1.41 bits per heavy atom. The van der Waals surface area contributed by atoms with Crippen LogP contribution in [-0.4, -0.2) is 148 Å². The average molecular weight is 630 g/mol. The van der Waals surface area contributed by atoms with Gasteiger partial charge in [-0.15, -0.1) is 0 Å². The first-order valence-corrected chi connectivity index (χ1v) is 13.7. The summed E-state index contributed by atoms with van der Waals surface area (Å²) in [5.41, 5.74) is 12.0. The lowest BCUT2D eigenvalue weighted by atomic mass is 10.1. The SMILES string of the molecule is NCCCC[C@H](N)C(=O)OCc1ccccc1.O=C(O)CN(CCN(CC(=O)O)CC(=O)O)CCN(CC(=O)O)CC(=O)O. The second kappa shape index (κ2) is 23.3. The molecule has 17 heteroatoms. The molecule has 0 heterocycles. The van der Waals surface area contributed by atoms with Crippen LogP contribution in [0.5, 0.6) is 0 Å². The highest BCUT2D eigenvalue weighted by molar-refractivity contribution is 5.75. The van der Waals surface area contributed by atoms with Crippen molar-refractivity contribution in [2.45, 2.75) is 31.9 Å². The van der Waals surface area contributed by atoms with Crippen molar-refractivity contribution in [2.75, 3.05) is 65.4 Å². The Balaban J connectivity index is 0.000000928. The normalized spacial score (nSPS) is 11.5. The highest BCUT2D eigenvalue weighted by Crippen LogP contribution is 2.04. The van der Waals surface area contributed by atoms with Crippen LogP contribution in [0.3, 0.4) is 0 Å². The molecule has 0 bridgehead atoms. The fraction of sp³-hybridized carbons (Fsp3) is 0.556. The van der Waals surface area contributed by atoms with Gasteiger partial charge in [0.05, 0.1) is 32.7 Å². The average Bonchev–Trinajstić information content (AvgIpc) is 2.92. The van der Waals surface area contributed by atoms with Crippen LogP contribution in [0.4, 0.5) is 0 Å². The number of hydrogen-bond donors (Lipinski definition) is 7. The van der Waals surface area contributed by atoms with E-state index in [9.17, 15) is 28.8 Å². The van der Waals surface area contributed by atoms with Crippen LogP contribution in [-0.2, 0) is 40.1 Å². The molecule has 0 spiro atoms. The van der Waals surface area contributed by atoms with Gasteiger partial charge in [0.2, 0.25) is 0 Å². The van der Waals surface area contributed by atoms with Gasteiger partial charge in [-0.25, -0.2) is 0 Å². The molecule has 9 N–H and O–H groups in total. The number of carboxylic acid groups (broad SMARTS) is 5. The fourth-order valence-electron chi connectivity index (χ4n) is 3.68. The number of aliphatic carboxylic acids is 5. The summed E-state index contributed by atoms with van der Waals surface area (Å²) in [6, 6.07) is 9.02. The van der Waals surface area contributed by atoms with Crippen molar-refractivity contribution < 1.29 is 59.0 Å². The number of rotatable bonds is 23. The summed E-state index contributed by atoms with van der Waals surface area (Å²) < 4.78 is 5.13. The number of esters is 1. The first kappa shape index (κ1) is 39.8. The molecular formula is C27H43N5O12. The lowest BCUT2D eigenvalue weighted by Gasteiger charge is -2.27. The first-order valence-electron chi connectivity index (χ1n) is 13.7. The molecule has 1 atom stereocenters. The molecule has 17 nitrogen and oxygen atoms in total. The van der Waals surface area contributed by atoms with Gasteiger partial charge in [0.25, 0.3) is 0 Å². The van der Waals surface area contributed by atoms with E-state index in [2.05, 4.69) is 0 Å². The molecule has 0 saturated heterocycles. The van der Waals surface area contributed by atoms with Gasteiger partial charge in [0.1, 0.15) is 12.6 Å². The maximum absolute atomic E-state index is 11.5. The van der Waals surface area contributed by atoms with Gasteiger partial charge in [-0.3, -0.25) is 43.5 Å². The minimum Gasteiger partial charge on any atom is -0.480 e. The Morgan fingerprint density at radius 1 is 0.636 bits per heavy atom. The zero-order valence-electron chi connectivity index (χ0n) is 24.5. The molecule has 0 aliphatic carbocycles. The van der Waals surface area contributed by atoms with Crippen LogP contribution in [0, 0.1) is 0 Å². The number of carboxylic acids is 5. The van der Waals surface area contributed by atoms with Gasteiger partial charge in [-0.05, 0) is 24.9 Å². The van der Waals surface area contributed by atoms with Gasteiger partial charge in [-0.1, -0.05) is 36.8 Å². The number of benzene rings is 1. The van der Waals surface area contributed by atoms with Crippen molar-refractivity contribution in [3.8, 4) is 0 Å². The largest absolute Gasteiger partial charge is 0.480 e. The minimum atomic E-state index is -1.24. The number of nitrogens with zero attached hydrogens (tertiary/aromatic N) is 3. The van der Waals surface area contributed by atoms with E-state index < -0.39 is 68.6 Å². The zero-order valence-corrected chi connectivity index (χ0v) is 24.5. The van der Waals surface area contributed by atoms with Gasteiger partial charge >= 0.3 is 35.8 Å². The molecule has 1 aromatic rings. The quantitative estimate of drug-likeness (QED) is 0.0536. The summed E-state index contributed by atoms with van der Waals surface area (Å²) in [5, 5.41) is 44.1. The molecule has 248 valence electrons. The number of hydrogen-bond acceptors (Lipinski definition) is 12. The predicted octanol–water partition coefficient (Wildman–Crippen LogP) is -1.50. The smallest absolute Gasteiger partial charge is 0.323 e. The van der Waals surface area contributed by atoms with Gasteiger partial charge in [0.15, 0.2) is 0 Å². The molecule has 1 aromatic carbocycles. The second-order valence-electron chi connectivity index (χ2n) is 9.65. The Kier molecular flexibility index (Phi) is 21.1. The fourth-order valence-corrected chi connectivity index (χ4v) is 3.68. The van der Waals surface area contributed by atoms with Crippen molar-refractivity contribution in [3.63, 3.8) is 0 Å². The molecule has 0 saturated carbocycles. The van der Waals surface area contributed by atoms with Crippen LogP contribution >= 0.6 is 0 Å². The van der Waals surface area contributed by atoms with Crippen LogP contribution in [0.15, 0.2) is 30.3 Å². The zero-order chi connectivity index (χ0) is 33.5. The lowest BCUT2D eigenvalue weighted by molar-refractivity contribution is -0.147. The van der Waals surface area contributed by atoms with Gasteiger partial charge in [-0.2, -0.15) is 0 Å². The van der Waals surface area contributed by atoms with Crippen LogP contribution in [0.1, 0.15) is 24.8 Å². The monoisotopic (exact) mass is 629 g/mol. The molecule has 0 aliphatic heterocycles. The Labute approximate surface area is 254 Å². The highest BCUT2D eigenvalue weighted by Gasteiger charge is 2.19. The lowest BCUT2D eigenvalue weighted by Crippen LogP contribution is -2.45. The van der Waals surface area contributed by atoms with E-state index in [1.165, 1.54) is 4.90 Å². The molecule has 0 unspecified atom stereocenters. The van der Waals surface area contributed by atoms with E-state index in [1.807, 2.05) is 30.3 Å². The molecule has 0 fully saturated rings. The summed E-state index contributed by atoms with van der Waals surface area (Å²) >= 11 is 0. The van der Waals surface area contributed by atoms with E-state index in [4.69, 9.17) is 41.7 Å². The van der Waals surface area contributed by atoms with E-state index in [0.29, 0.717) is 13.0 Å². The van der Waals surface area contributed by atoms with E-state index in [-0.39, 0.29) is 38.8 Å². The molecule has 0 radical (unpaired) electrons. The molecular weight excluding hydrogens is 586 g/mol. The summed E-state index contributed by atoms with van der Waals surface area (Å²) in [6.45, 7) is -1.82. The van der Waals surface area contributed by atoms with Crippen LogP contribution in [0.2, 0.25) is 0 Å². The van der Waals surface area contributed by atoms with E-state index >= 15 is 0 Å². The maximum atomic E-state index is 11.5. The highest BCUT2D eigenvalue weighted by atomic mass is 16.5. The summed E-state index contributed by atoms with van der Waals surface area (Å²) in [6.07, 6.45) is 2.38. The molecule has 0 amide bonds.